The third kappa shape index (κ3) is 4.29. The highest BCUT2D eigenvalue weighted by Crippen LogP contribution is 2.23. The Morgan fingerprint density at radius 3 is 2.67 bits per heavy atom. The Balaban J connectivity index is 2.07. The SMILES string of the molecule is CCc1nnc(COc2ccc(C)cc2CC(N)CC)o1. The van der Waals surface area contributed by atoms with Gasteiger partial charge in [-0.2, -0.15) is 0 Å². The normalized spacial score (nSPS) is 12.4. The molecular weight excluding hydrogens is 266 g/mol. The summed E-state index contributed by atoms with van der Waals surface area (Å²) < 4.78 is 11.3. The van der Waals surface area contributed by atoms with Crippen molar-refractivity contribution in [1.29, 1.82) is 0 Å². The summed E-state index contributed by atoms with van der Waals surface area (Å²) >= 11 is 0. The van der Waals surface area contributed by atoms with Gasteiger partial charge in [-0.05, 0) is 31.4 Å². The van der Waals surface area contributed by atoms with E-state index >= 15 is 0 Å². The molecule has 1 heterocycles. The largest absolute Gasteiger partial charge is 0.484 e. The Morgan fingerprint density at radius 2 is 2.00 bits per heavy atom. The third-order valence-corrected chi connectivity index (χ3v) is 3.38. The van der Waals surface area contributed by atoms with Gasteiger partial charge in [-0.3, -0.25) is 0 Å². The quantitative estimate of drug-likeness (QED) is 0.848. The van der Waals surface area contributed by atoms with Crippen molar-refractivity contribution in [2.45, 2.75) is 52.7 Å². The van der Waals surface area contributed by atoms with Gasteiger partial charge in [0.25, 0.3) is 5.89 Å². The van der Waals surface area contributed by atoms with E-state index in [1.165, 1.54) is 5.56 Å². The Bertz CT molecular complexity index is 581. The van der Waals surface area contributed by atoms with Crippen LogP contribution in [-0.4, -0.2) is 16.2 Å². The number of hydrogen-bond acceptors (Lipinski definition) is 5. The summed E-state index contributed by atoms with van der Waals surface area (Å²) in [6, 6.07) is 6.27. The molecule has 0 saturated carbocycles. The van der Waals surface area contributed by atoms with Crippen LogP contribution >= 0.6 is 0 Å². The molecule has 0 bridgehead atoms. The number of nitrogens with zero attached hydrogens (tertiary/aromatic N) is 2. The molecule has 0 saturated heterocycles. The van der Waals surface area contributed by atoms with Gasteiger partial charge in [0.2, 0.25) is 5.89 Å². The predicted molar refractivity (Wildman–Crippen MR) is 81.2 cm³/mol. The standard InChI is InChI=1S/C16H23N3O2/c1-4-13(17)9-12-8-11(3)6-7-14(12)20-10-16-19-18-15(5-2)21-16/h6-8,13H,4-5,9-10,17H2,1-3H3. The van der Waals surface area contributed by atoms with Crippen molar-refractivity contribution in [3.63, 3.8) is 0 Å². The van der Waals surface area contributed by atoms with Crippen LogP contribution in [0.25, 0.3) is 0 Å². The molecule has 0 radical (unpaired) electrons. The van der Waals surface area contributed by atoms with Gasteiger partial charge in [-0.1, -0.05) is 31.5 Å². The molecule has 2 aromatic rings. The zero-order valence-corrected chi connectivity index (χ0v) is 12.9. The maximum atomic E-state index is 6.06. The number of rotatable bonds is 7. The highest BCUT2D eigenvalue weighted by molar-refractivity contribution is 5.37. The fourth-order valence-electron chi connectivity index (χ4n) is 2.06. The molecule has 0 spiro atoms. The van der Waals surface area contributed by atoms with E-state index in [2.05, 4.69) is 30.1 Å². The van der Waals surface area contributed by atoms with Crippen molar-refractivity contribution < 1.29 is 9.15 Å². The zero-order valence-electron chi connectivity index (χ0n) is 12.9. The summed E-state index contributed by atoms with van der Waals surface area (Å²) in [5.74, 6) is 1.96. The Labute approximate surface area is 125 Å². The number of aromatic nitrogens is 2. The molecule has 5 nitrogen and oxygen atoms in total. The predicted octanol–water partition coefficient (Wildman–Crippen LogP) is 2.80. The maximum absolute atomic E-state index is 6.06. The first-order chi connectivity index (χ1) is 10.1. The molecule has 0 fully saturated rings. The number of hydrogen-bond donors (Lipinski definition) is 1. The Hall–Kier alpha value is -1.88. The second-order valence-electron chi connectivity index (χ2n) is 5.22. The van der Waals surface area contributed by atoms with Crippen LogP contribution in [0.3, 0.4) is 0 Å². The van der Waals surface area contributed by atoms with Crippen molar-refractivity contribution in [1.82, 2.24) is 10.2 Å². The van der Waals surface area contributed by atoms with Crippen LogP contribution in [0, 0.1) is 6.92 Å². The molecule has 1 atom stereocenters. The molecule has 0 amide bonds. The summed E-state index contributed by atoms with van der Waals surface area (Å²) in [6.07, 6.45) is 2.47. The van der Waals surface area contributed by atoms with Crippen LogP contribution in [0.1, 0.15) is 43.2 Å². The second kappa shape index (κ2) is 7.22. The van der Waals surface area contributed by atoms with Gasteiger partial charge in [0, 0.05) is 12.5 Å². The number of benzene rings is 1. The molecule has 2 N–H and O–H groups in total. The minimum Gasteiger partial charge on any atom is -0.484 e. The zero-order chi connectivity index (χ0) is 15.2. The van der Waals surface area contributed by atoms with Crippen molar-refractivity contribution >= 4 is 0 Å². The van der Waals surface area contributed by atoms with E-state index < -0.39 is 0 Å². The van der Waals surface area contributed by atoms with E-state index in [0.29, 0.717) is 11.8 Å². The lowest BCUT2D eigenvalue weighted by atomic mass is 10.0. The first-order valence-electron chi connectivity index (χ1n) is 7.41. The number of nitrogens with two attached hydrogens (primary N) is 1. The highest BCUT2D eigenvalue weighted by Gasteiger charge is 2.10. The average Bonchev–Trinajstić information content (AvgIpc) is 2.94. The summed E-state index contributed by atoms with van der Waals surface area (Å²) in [6.45, 7) is 6.41. The lowest BCUT2D eigenvalue weighted by Crippen LogP contribution is -2.21. The molecule has 1 aromatic heterocycles. The van der Waals surface area contributed by atoms with Gasteiger partial charge in [0.15, 0.2) is 6.61 Å². The van der Waals surface area contributed by atoms with Gasteiger partial charge < -0.3 is 14.9 Å². The summed E-state index contributed by atoms with van der Waals surface area (Å²) in [4.78, 5) is 0. The molecular formula is C16H23N3O2. The van der Waals surface area contributed by atoms with Gasteiger partial charge in [0.1, 0.15) is 5.75 Å². The molecule has 114 valence electrons. The molecule has 2 rings (SSSR count). The molecule has 0 aliphatic carbocycles. The van der Waals surface area contributed by atoms with Crippen molar-refractivity contribution in [2.75, 3.05) is 0 Å². The second-order valence-corrected chi connectivity index (χ2v) is 5.22. The Morgan fingerprint density at radius 1 is 1.24 bits per heavy atom. The average molecular weight is 289 g/mol. The van der Waals surface area contributed by atoms with Crippen molar-refractivity contribution in [2.24, 2.45) is 5.73 Å². The lowest BCUT2D eigenvalue weighted by Gasteiger charge is -2.14. The highest BCUT2D eigenvalue weighted by atomic mass is 16.5. The van der Waals surface area contributed by atoms with Gasteiger partial charge in [-0.15, -0.1) is 10.2 Å². The fourth-order valence-corrected chi connectivity index (χ4v) is 2.06. The topological polar surface area (TPSA) is 74.2 Å². The van der Waals surface area contributed by atoms with Gasteiger partial charge >= 0.3 is 0 Å². The third-order valence-electron chi connectivity index (χ3n) is 3.38. The lowest BCUT2D eigenvalue weighted by molar-refractivity contribution is 0.256. The van der Waals surface area contributed by atoms with Crippen molar-refractivity contribution in [3.8, 4) is 5.75 Å². The summed E-state index contributed by atoms with van der Waals surface area (Å²) in [5, 5.41) is 7.89. The first-order valence-corrected chi connectivity index (χ1v) is 7.41. The van der Waals surface area contributed by atoms with E-state index in [1.54, 1.807) is 0 Å². The molecule has 21 heavy (non-hydrogen) atoms. The molecule has 1 aromatic carbocycles. The van der Waals surface area contributed by atoms with E-state index in [1.807, 2.05) is 19.1 Å². The van der Waals surface area contributed by atoms with Crippen LogP contribution in [0.4, 0.5) is 0 Å². The molecule has 1 unspecified atom stereocenters. The monoisotopic (exact) mass is 289 g/mol. The van der Waals surface area contributed by atoms with E-state index in [4.69, 9.17) is 14.9 Å². The minimum atomic E-state index is 0.143. The van der Waals surface area contributed by atoms with Crippen LogP contribution in [-0.2, 0) is 19.4 Å². The van der Waals surface area contributed by atoms with Crippen LogP contribution < -0.4 is 10.5 Å². The number of aryl methyl sites for hydroxylation is 2. The smallest absolute Gasteiger partial charge is 0.253 e. The van der Waals surface area contributed by atoms with Gasteiger partial charge in [0.05, 0.1) is 0 Å². The van der Waals surface area contributed by atoms with Crippen LogP contribution in [0.15, 0.2) is 22.6 Å². The first kappa shape index (κ1) is 15.5. The van der Waals surface area contributed by atoms with E-state index in [9.17, 15) is 0 Å². The number of ether oxygens (including phenoxy) is 1. The maximum Gasteiger partial charge on any atom is 0.253 e. The van der Waals surface area contributed by atoms with Crippen molar-refractivity contribution in [3.05, 3.63) is 41.1 Å². The molecule has 0 aliphatic heterocycles. The summed E-state index contributed by atoms with van der Waals surface area (Å²) in [7, 11) is 0. The van der Waals surface area contributed by atoms with Gasteiger partial charge in [-0.25, -0.2) is 0 Å². The van der Waals surface area contributed by atoms with E-state index in [-0.39, 0.29) is 12.6 Å². The molecule has 0 aliphatic rings. The van der Waals surface area contributed by atoms with Crippen LogP contribution in [0.2, 0.25) is 0 Å². The fraction of sp³-hybridized carbons (Fsp3) is 0.500. The Kier molecular flexibility index (Phi) is 5.33. The summed E-state index contributed by atoms with van der Waals surface area (Å²) in [5.41, 5.74) is 8.38. The van der Waals surface area contributed by atoms with Crippen LogP contribution in [0.5, 0.6) is 5.75 Å². The molecule has 5 heteroatoms. The minimum absolute atomic E-state index is 0.143. The van der Waals surface area contributed by atoms with E-state index in [0.717, 1.165) is 30.6 Å².